The summed E-state index contributed by atoms with van der Waals surface area (Å²) in [6.07, 6.45) is 2.80. The van der Waals surface area contributed by atoms with Crippen LogP contribution < -0.4 is 0 Å². The maximum atomic E-state index is 7.00. The number of rotatable bonds is 0. The Hall–Kier alpha value is -0.0800. The molecule has 0 aromatic rings. The van der Waals surface area contributed by atoms with E-state index in [1.807, 2.05) is 0 Å². The van der Waals surface area contributed by atoms with Crippen molar-refractivity contribution in [1.82, 2.24) is 4.90 Å². The molecule has 0 radical (unpaired) electrons. The maximum absolute atomic E-state index is 7.00. The molecule has 2 nitrogen and oxygen atoms in total. The third-order valence-corrected chi connectivity index (χ3v) is 2.01. The highest BCUT2D eigenvalue weighted by molar-refractivity contribution is 4.65. The van der Waals surface area contributed by atoms with Crippen molar-refractivity contribution in [2.24, 2.45) is 5.92 Å². The zero-order valence-corrected chi connectivity index (χ0v) is 7.30. The van der Waals surface area contributed by atoms with Gasteiger partial charge in [-0.05, 0) is 38.9 Å². The lowest BCUT2D eigenvalue weighted by molar-refractivity contribution is 0.230. The summed E-state index contributed by atoms with van der Waals surface area (Å²) in [5, 5.41) is 7.00. The van der Waals surface area contributed by atoms with Crippen molar-refractivity contribution < 1.29 is 5.11 Å². The molecule has 1 aliphatic heterocycles. The molecular weight excluding hydrogens is 126 g/mol. The summed E-state index contributed by atoms with van der Waals surface area (Å²) in [5.41, 5.74) is 0. The van der Waals surface area contributed by atoms with Crippen LogP contribution in [0.3, 0.4) is 0 Å². The van der Waals surface area contributed by atoms with E-state index < -0.39 is 0 Å². The van der Waals surface area contributed by atoms with Crippen LogP contribution in [0, 0.1) is 5.92 Å². The fraction of sp³-hybridized carbons (Fsp3) is 1.00. The van der Waals surface area contributed by atoms with Crippen molar-refractivity contribution in [1.29, 1.82) is 0 Å². The van der Waals surface area contributed by atoms with E-state index in [-0.39, 0.29) is 0 Å². The molecule has 2 heteroatoms. The van der Waals surface area contributed by atoms with E-state index in [1.54, 1.807) is 0 Å². The topological polar surface area (TPSA) is 23.5 Å². The zero-order chi connectivity index (χ0) is 7.98. The summed E-state index contributed by atoms with van der Waals surface area (Å²) < 4.78 is 0. The molecule has 1 fully saturated rings. The summed E-state index contributed by atoms with van der Waals surface area (Å²) in [5.74, 6) is 0.978. The average Bonchev–Trinajstić information content (AvgIpc) is 2.00. The fourth-order valence-electron chi connectivity index (χ4n) is 1.14. The number of likely N-dealkylation sites (tertiary alicyclic amines) is 1. The molecule has 0 aromatic carbocycles. The highest BCUT2D eigenvalue weighted by Crippen LogP contribution is 2.13. The Morgan fingerprint density at radius 2 is 1.60 bits per heavy atom. The van der Waals surface area contributed by atoms with Crippen LogP contribution in [-0.2, 0) is 0 Å². The predicted octanol–water partition coefficient (Wildman–Crippen LogP) is 0.957. The van der Waals surface area contributed by atoms with Crippen LogP contribution >= 0.6 is 0 Å². The molecule has 0 unspecified atom stereocenters. The van der Waals surface area contributed by atoms with Gasteiger partial charge in [-0.1, -0.05) is 6.92 Å². The second kappa shape index (κ2) is 5.69. The van der Waals surface area contributed by atoms with Gasteiger partial charge in [0.1, 0.15) is 0 Å². The summed E-state index contributed by atoms with van der Waals surface area (Å²) in [6, 6.07) is 0. The van der Waals surface area contributed by atoms with Gasteiger partial charge in [-0.3, -0.25) is 0 Å². The van der Waals surface area contributed by atoms with E-state index in [0.717, 1.165) is 13.0 Å². The minimum absolute atomic E-state index is 0.978. The Morgan fingerprint density at radius 3 is 1.90 bits per heavy atom. The number of aliphatic hydroxyl groups is 1. The predicted molar refractivity (Wildman–Crippen MR) is 44.0 cm³/mol. The van der Waals surface area contributed by atoms with Crippen LogP contribution in [0.4, 0.5) is 0 Å². The van der Waals surface area contributed by atoms with Crippen LogP contribution in [0.15, 0.2) is 0 Å². The van der Waals surface area contributed by atoms with Crippen molar-refractivity contribution in [2.75, 3.05) is 27.2 Å². The van der Waals surface area contributed by atoms with Crippen molar-refractivity contribution >= 4 is 0 Å². The zero-order valence-electron chi connectivity index (χ0n) is 7.30. The number of nitrogens with zero attached hydrogens (tertiary/aromatic N) is 1. The van der Waals surface area contributed by atoms with Gasteiger partial charge in [0.05, 0.1) is 0 Å². The molecule has 1 aliphatic rings. The Kier molecular flexibility index (Phi) is 5.64. The summed E-state index contributed by atoms with van der Waals surface area (Å²) in [4.78, 5) is 2.40. The first kappa shape index (κ1) is 9.92. The molecule has 0 saturated carbocycles. The third-order valence-electron chi connectivity index (χ3n) is 2.01. The van der Waals surface area contributed by atoms with E-state index in [9.17, 15) is 0 Å². The Balaban J connectivity index is 0.000000371. The first-order valence-electron chi connectivity index (χ1n) is 3.92. The highest BCUT2D eigenvalue weighted by atomic mass is 16.2. The first-order chi connectivity index (χ1) is 4.79. The summed E-state index contributed by atoms with van der Waals surface area (Å²) in [6.45, 7) is 4.95. The Morgan fingerprint density at radius 1 is 1.20 bits per heavy atom. The third kappa shape index (κ3) is 3.85. The van der Waals surface area contributed by atoms with Gasteiger partial charge in [-0.15, -0.1) is 0 Å². The molecule has 10 heavy (non-hydrogen) atoms. The van der Waals surface area contributed by atoms with Gasteiger partial charge in [-0.2, -0.15) is 0 Å². The van der Waals surface area contributed by atoms with Crippen LogP contribution in [-0.4, -0.2) is 37.3 Å². The molecule has 0 amide bonds. The Labute approximate surface area is 63.8 Å². The quantitative estimate of drug-likeness (QED) is 0.548. The van der Waals surface area contributed by atoms with Gasteiger partial charge in [0.25, 0.3) is 0 Å². The smallest absolute Gasteiger partial charge is 0.0319 e. The van der Waals surface area contributed by atoms with Crippen LogP contribution in [0.25, 0.3) is 0 Å². The lowest BCUT2D eigenvalue weighted by atomic mass is 10.00. The van der Waals surface area contributed by atoms with Crippen molar-refractivity contribution in [3.05, 3.63) is 0 Å². The summed E-state index contributed by atoms with van der Waals surface area (Å²) >= 11 is 0. The SMILES string of the molecule is CC1CCN(C)CC1.CO. The molecule has 1 rings (SSSR count). The number of aliphatic hydroxyl groups excluding tert-OH is 1. The van der Waals surface area contributed by atoms with Crippen LogP contribution in [0.1, 0.15) is 19.8 Å². The second-order valence-corrected chi connectivity index (χ2v) is 2.99. The van der Waals surface area contributed by atoms with Gasteiger partial charge < -0.3 is 10.0 Å². The van der Waals surface area contributed by atoms with E-state index >= 15 is 0 Å². The largest absolute Gasteiger partial charge is 0.400 e. The van der Waals surface area contributed by atoms with Crippen molar-refractivity contribution in [3.63, 3.8) is 0 Å². The second-order valence-electron chi connectivity index (χ2n) is 2.99. The van der Waals surface area contributed by atoms with E-state index in [4.69, 9.17) is 5.11 Å². The van der Waals surface area contributed by atoms with E-state index in [1.165, 1.54) is 25.9 Å². The molecule has 0 spiro atoms. The number of hydrogen-bond acceptors (Lipinski definition) is 2. The Bertz CT molecular complexity index is 57.7. The monoisotopic (exact) mass is 145 g/mol. The van der Waals surface area contributed by atoms with Crippen molar-refractivity contribution in [2.45, 2.75) is 19.8 Å². The van der Waals surface area contributed by atoms with Crippen molar-refractivity contribution in [3.8, 4) is 0 Å². The van der Waals surface area contributed by atoms with Gasteiger partial charge in [0.2, 0.25) is 0 Å². The average molecular weight is 145 g/mol. The molecule has 0 atom stereocenters. The van der Waals surface area contributed by atoms with Gasteiger partial charge in [-0.25, -0.2) is 0 Å². The molecular formula is C8H19NO. The number of piperidine rings is 1. The van der Waals surface area contributed by atoms with E-state index in [0.29, 0.717) is 0 Å². The molecule has 1 saturated heterocycles. The lowest BCUT2D eigenvalue weighted by Gasteiger charge is -2.26. The molecule has 1 N–H and O–H groups in total. The molecule has 62 valence electrons. The highest BCUT2D eigenvalue weighted by Gasteiger charge is 2.10. The maximum Gasteiger partial charge on any atom is 0.0319 e. The van der Waals surface area contributed by atoms with Gasteiger partial charge in [0, 0.05) is 7.11 Å². The minimum atomic E-state index is 0.978. The molecule has 0 aliphatic carbocycles. The molecule has 0 aromatic heterocycles. The normalized spacial score (nSPS) is 21.6. The van der Waals surface area contributed by atoms with Gasteiger partial charge >= 0.3 is 0 Å². The standard InChI is InChI=1S/C7H15N.CH4O/c1-7-3-5-8(2)6-4-7;1-2/h7H,3-6H2,1-2H3;2H,1H3. The molecule has 1 heterocycles. The minimum Gasteiger partial charge on any atom is -0.400 e. The fourth-order valence-corrected chi connectivity index (χ4v) is 1.14. The molecule has 0 bridgehead atoms. The van der Waals surface area contributed by atoms with Gasteiger partial charge in [0.15, 0.2) is 0 Å². The van der Waals surface area contributed by atoms with E-state index in [2.05, 4.69) is 18.9 Å². The number of hydrogen-bond donors (Lipinski definition) is 1. The van der Waals surface area contributed by atoms with Crippen LogP contribution in [0.2, 0.25) is 0 Å². The summed E-state index contributed by atoms with van der Waals surface area (Å²) in [7, 11) is 3.20. The van der Waals surface area contributed by atoms with Crippen LogP contribution in [0.5, 0.6) is 0 Å². The lowest BCUT2D eigenvalue weighted by Crippen LogP contribution is -2.28. The first-order valence-corrected chi connectivity index (χ1v) is 3.92.